The maximum absolute atomic E-state index is 12.4. The van der Waals surface area contributed by atoms with Gasteiger partial charge in [0, 0.05) is 32.2 Å². The van der Waals surface area contributed by atoms with Gasteiger partial charge in [0.2, 0.25) is 11.8 Å². The molecule has 0 aromatic carbocycles. The maximum Gasteiger partial charge on any atom is 0.238 e. The van der Waals surface area contributed by atoms with E-state index in [1.54, 1.807) is 0 Å². The van der Waals surface area contributed by atoms with Crippen molar-refractivity contribution in [3.8, 4) is 0 Å². The van der Waals surface area contributed by atoms with Gasteiger partial charge in [-0.25, -0.2) is 0 Å². The zero-order valence-electron chi connectivity index (χ0n) is 10.00. The van der Waals surface area contributed by atoms with E-state index in [9.17, 15) is 9.59 Å². The molecule has 1 saturated heterocycles. The van der Waals surface area contributed by atoms with Gasteiger partial charge in [0.25, 0.3) is 0 Å². The molecule has 5 heteroatoms. The Morgan fingerprint density at radius 3 is 2.35 bits per heavy atom. The predicted molar refractivity (Wildman–Crippen MR) is 62.3 cm³/mol. The van der Waals surface area contributed by atoms with Crippen LogP contribution in [0.1, 0.15) is 25.7 Å². The van der Waals surface area contributed by atoms with Gasteiger partial charge in [0.05, 0.1) is 0 Å². The van der Waals surface area contributed by atoms with E-state index in [1.807, 2.05) is 4.90 Å². The summed E-state index contributed by atoms with van der Waals surface area (Å²) >= 11 is 0. The van der Waals surface area contributed by atoms with Crippen molar-refractivity contribution in [2.75, 3.05) is 26.2 Å². The molecular formula is C12H19N3O2. The molecular weight excluding hydrogens is 218 g/mol. The molecule has 0 spiro atoms. The third kappa shape index (κ3) is 2.04. The molecule has 2 amide bonds. The van der Waals surface area contributed by atoms with Gasteiger partial charge in [0.1, 0.15) is 5.41 Å². The molecule has 0 aromatic heterocycles. The second-order valence-electron chi connectivity index (χ2n) is 5.37. The van der Waals surface area contributed by atoms with Crippen molar-refractivity contribution in [2.24, 2.45) is 5.41 Å². The van der Waals surface area contributed by atoms with E-state index in [1.165, 1.54) is 0 Å². The van der Waals surface area contributed by atoms with Crippen LogP contribution in [0, 0.1) is 5.41 Å². The highest BCUT2D eigenvalue weighted by molar-refractivity contribution is 6.08. The summed E-state index contributed by atoms with van der Waals surface area (Å²) in [6, 6.07) is 0.343. The Morgan fingerprint density at radius 2 is 1.82 bits per heavy atom. The summed E-state index contributed by atoms with van der Waals surface area (Å²) in [6.45, 7) is 3.15. The predicted octanol–water partition coefficient (Wildman–Crippen LogP) is -0.523. The highest BCUT2D eigenvalue weighted by atomic mass is 16.2. The fourth-order valence-electron chi connectivity index (χ4n) is 2.38. The van der Waals surface area contributed by atoms with Crippen LogP contribution in [0.4, 0.5) is 0 Å². The minimum Gasteiger partial charge on any atom is -0.352 e. The summed E-state index contributed by atoms with van der Waals surface area (Å²) in [7, 11) is 0. The number of hydrogen-bond acceptors (Lipinski definition) is 3. The number of nitrogens with zero attached hydrogens (tertiary/aromatic N) is 1. The van der Waals surface area contributed by atoms with Crippen LogP contribution in [0.25, 0.3) is 0 Å². The van der Waals surface area contributed by atoms with Gasteiger partial charge in [-0.1, -0.05) is 0 Å². The molecule has 0 radical (unpaired) electrons. The molecule has 94 valence electrons. The third-order valence-electron chi connectivity index (χ3n) is 3.91. The third-order valence-corrected chi connectivity index (χ3v) is 3.91. The Balaban J connectivity index is 1.64. The van der Waals surface area contributed by atoms with Gasteiger partial charge >= 0.3 is 0 Å². The van der Waals surface area contributed by atoms with E-state index < -0.39 is 5.41 Å². The number of piperazine rings is 1. The summed E-state index contributed by atoms with van der Waals surface area (Å²) in [5, 5.41) is 6.19. The summed E-state index contributed by atoms with van der Waals surface area (Å²) in [5.74, 6) is 0.0284. The fraction of sp³-hybridized carbons (Fsp3) is 0.833. The topological polar surface area (TPSA) is 61.4 Å². The molecule has 0 unspecified atom stereocenters. The van der Waals surface area contributed by atoms with E-state index in [0.29, 0.717) is 6.04 Å². The molecule has 5 nitrogen and oxygen atoms in total. The van der Waals surface area contributed by atoms with Crippen molar-refractivity contribution in [1.82, 2.24) is 15.5 Å². The molecule has 17 heavy (non-hydrogen) atoms. The molecule has 3 aliphatic rings. The first-order valence-electron chi connectivity index (χ1n) is 6.53. The van der Waals surface area contributed by atoms with E-state index >= 15 is 0 Å². The Morgan fingerprint density at radius 1 is 1.18 bits per heavy atom. The average Bonchev–Trinajstić information content (AvgIpc) is 3.23. The first-order valence-corrected chi connectivity index (χ1v) is 6.53. The molecule has 0 atom stereocenters. The van der Waals surface area contributed by atoms with E-state index in [4.69, 9.17) is 0 Å². The van der Waals surface area contributed by atoms with Gasteiger partial charge in [-0.15, -0.1) is 0 Å². The van der Waals surface area contributed by atoms with Crippen molar-refractivity contribution in [3.63, 3.8) is 0 Å². The number of hydrogen-bond donors (Lipinski definition) is 2. The number of carbonyl (C=O) groups excluding carboxylic acids is 2. The lowest BCUT2D eigenvalue weighted by Gasteiger charge is -2.30. The van der Waals surface area contributed by atoms with Crippen molar-refractivity contribution in [2.45, 2.75) is 31.7 Å². The van der Waals surface area contributed by atoms with Gasteiger partial charge in [0.15, 0.2) is 0 Å². The van der Waals surface area contributed by atoms with Crippen LogP contribution >= 0.6 is 0 Å². The molecule has 1 aliphatic heterocycles. The lowest BCUT2D eigenvalue weighted by molar-refractivity contribution is -0.144. The second-order valence-corrected chi connectivity index (χ2v) is 5.37. The van der Waals surface area contributed by atoms with E-state index in [2.05, 4.69) is 10.6 Å². The highest BCUT2D eigenvalue weighted by Crippen LogP contribution is 2.48. The molecule has 2 N–H and O–H groups in total. The SMILES string of the molecule is O=C(NC1CC1)C1(C(=O)N2CCNCC2)CC1. The smallest absolute Gasteiger partial charge is 0.238 e. The number of carbonyl (C=O) groups is 2. The van der Waals surface area contributed by atoms with Gasteiger partial charge in [-0.2, -0.15) is 0 Å². The van der Waals surface area contributed by atoms with Crippen molar-refractivity contribution >= 4 is 11.8 Å². The lowest BCUT2D eigenvalue weighted by atomic mass is 10.0. The molecule has 2 saturated carbocycles. The largest absolute Gasteiger partial charge is 0.352 e. The Bertz CT molecular complexity index is 342. The van der Waals surface area contributed by atoms with Crippen LogP contribution in [0.2, 0.25) is 0 Å². The van der Waals surface area contributed by atoms with Crippen LogP contribution < -0.4 is 10.6 Å². The van der Waals surface area contributed by atoms with Crippen molar-refractivity contribution < 1.29 is 9.59 Å². The van der Waals surface area contributed by atoms with Crippen LogP contribution in [0.5, 0.6) is 0 Å². The van der Waals surface area contributed by atoms with Crippen molar-refractivity contribution in [3.05, 3.63) is 0 Å². The Labute approximate surface area is 101 Å². The Kier molecular flexibility index (Phi) is 2.58. The molecule has 2 aliphatic carbocycles. The monoisotopic (exact) mass is 237 g/mol. The van der Waals surface area contributed by atoms with Crippen LogP contribution in [-0.2, 0) is 9.59 Å². The highest BCUT2D eigenvalue weighted by Gasteiger charge is 2.58. The zero-order valence-corrected chi connectivity index (χ0v) is 10.00. The minimum atomic E-state index is -0.695. The summed E-state index contributed by atoms with van der Waals surface area (Å²) in [4.78, 5) is 26.3. The first-order chi connectivity index (χ1) is 8.22. The summed E-state index contributed by atoms with van der Waals surface area (Å²) in [5.41, 5.74) is -0.695. The normalized spacial score (nSPS) is 26.5. The maximum atomic E-state index is 12.4. The fourth-order valence-corrected chi connectivity index (χ4v) is 2.38. The Hall–Kier alpha value is -1.10. The summed E-state index contributed by atoms with van der Waals surface area (Å²) < 4.78 is 0. The first kappa shape index (κ1) is 11.0. The number of amides is 2. The van der Waals surface area contributed by atoms with Gasteiger partial charge in [-0.3, -0.25) is 9.59 Å². The average molecular weight is 237 g/mol. The van der Waals surface area contributed by atoms with Crippen LogP contribution in [0.3, 0.4) is 0 Å². The number of rotatable bonds is 3. The van der Waals surface area contributed by atoms with Gasteiger partial charge in [-0.05, 0) is 25.7 Å². The molecule has 0 aromatic rings. The van der Waals surface area contributed by atoms with Crippen LogP contribution in [0.15, 0.2) is 0 Å². The quantitative estimate of drug-likeness (QED) is 0.649. The number of nitrogens with one attached hydrogen (secondary N) is 2. The zero-order chi connectivity index (χ0) is 11.9. The molecule has 3 fully saturated rings. The second kappa shape index (κ2) is 3.98. The molecule has 1 heterocycles. The molecule has 3 rings (SSSR count). The lowest BCUT2D eigenvalue weighted by Crippen LogP contribution is -2.52. The standard InChI is InChI=1S/C12H19N3O2/c16-10(14-9-1-2-9)12(3-4-12)11(17)15-7-5-13-6-8-15/h9,13H,1-8H2,(H,14,16). The minimum absolute atomic E-state index is 0.0245. The van der Waals surface area contributed by atoms with Crippen molar-refractivity contribution in [1.29, 1.82) is 0 Å². The summed E-state index contributed by atoms with van der Waals surface area (Å²) in [6.07, 6.45) is 3.61. The van der Waals surface area contributed by atoms with Gasteiger partial charge < -0.3 is 15.5 Å². The van der Waals surface area contributed by atoms with E-state index in [0.717, 1.165) is 51.9 Å². The van der Waals surface area contributed by atoms with Crippen LogP contribution in [-0.4, -0.2) is 48.9 Å². The van der Waals surface area contributed by atoms with E-state index in [-0.39, 0.29) is 11.8 Å². The molecule has 0 bridgehead atoms.